The minimum Gasteiger partial charge on any atom is -0.454 e. The molecule has 2 saturated heterocycles. The first-order chi connectivity index (χ1) is 11.2. The normalized spacial score (nSPS) is 25.2. The maximum atomic E-state index is 12.7. The predicted molar refractivity (Wildman–Crippen MR) is 82.2 cm³/mol. The quantitative estimate of drug-likeness (QED) is 0.911. The van der Waals surface area contributed by atoms with Gasteiger partial charge in [-0.05, 0) is 37.0 Å². The molecule has 6 nitrogen and oxygen atoms in total. The van der Waals surface area contributed by atoms with Gasteiger partial charge < -0.3 is 19.7 Å². The van der Waals surface area contributed by atoms with Gasteiger partial charge >= 0.3 is 0 Å². The van der Waals surface area contributed by atoms with Gasteiger partial charge in [-0.2, -0.15) is 0 Å². The lowest BCUT2D eigenvalue weighted by atomic mass is 10.1. The summed E-state index contributed by atoms with van der Waals surface area (Å²) in [6.07, 6.45) is 3.49. The lowest BCUT2D eigenvalue weighted by molar-refractivity contribution is -0.133. The molecular formula is C17H20N2O4. The van der Waals surface area contributed by atoms with Gasteiger partial charge in [0.25, 0.3) is 0 Å². The number of fused-ring (bicyclic) bond motifs is 3. The van der Waals surface area contributed by atoms with E-state index in [4.69, 9.17) is 9.47 Å². The number of carbonyl (C=O) groups is 2. The highest BCUT2D eigenvalue weighted by Crippen LogP contribution is 2.33. The van der Waals surface area contributed by atoms with Crippen LogP contribution in [0.3, 0.4) is 0 Å². The van der Waals surface area contributed by atoms with Crippen LogP contribution in [0, 0.1) is 0 Å². The number of nitrogens with one attached hydrogen (secondary N) is 1. The summed E-state index contributed by atoms with van der Waals surface area (Å²) >= 11 is 0. The monoisotopic (exact) mass is 316 g/mol. The van der Waals surface area contributed by atoms with Crippen LogP contribution in [0.15, 0.2) is 18.2 Å². The molecule has 3 aliphatic heterocycles. The first-order valence-electron chi connectivity index (χ1n) is 8.17. The van der Waals surface area contributed by atoms with Gasteiger partial charge in [0.1, 0.15) is 0 Å². The second kappa shape index (κ2) is 5.76. The predicted octanol–water partition coefficient (Wildman–Crippen LogP) is 1.23. The molecule has 3 heterocycles. The minimum atomic E-state index is 0.0609. The van der Waals surface area contributed by atoms with Gasteiger partial charge in [0, 0.05) is 31.5 Å². The highest BCUT2D eigenvalue weighted by atomic mass is 16.7. The number of ether oxygens (including phenoxy) is 2. The van der Waals surface area contributed by atoms with Gasteiger partial charge in [0.15, 0.2) is 11.5 Å². The number of rotatable bonds is 3. The first-order valence-corrected chi connectivity index (χ1v) is 8.17. The Bertz CT molecular complexity index is 645. The van der Waals surface area contributed by atoms with E-state index in [1.54, 1.807) is 0 Å². The van der Waals surface area contributed by atoms with Crippen molar-refractivity contribution in [3.05, 3.63) is 23.8 Å². The molecule has 6 heteroatoms. The largest absolute Gasteiger partial charge is 0.454 e. The summed E-state index contributed by atoms with van der Waals surface area (Å²) in [7, 11) is 0. The van der Waals surface area contributed by atoms with Crippen LogP contribution in [0.5, 0.6) is 11.5 Å². The average molecular weight is 316 g/mol. The SMILES string of the molecule is O=C1C[C@@H]2CC[C@H](CN1)N2C(=O)CCc1ccc2c(c1)OCO2. The third kappa shape index (κ3) is 2.73. The van der Waals surface area contributed by atoms with Crippen molar-refractivity contribution in [3.63, 3.8) is 0 Å². The summed E-state index contributed by atoms with van der Waals surface area (Å²) in [5, 5.41) is 2.90. The molecule has 0 spiro atoms. The molecule has 1 aromatic carbocycles. The zero-order chi connectivity index (χ0) is 15.8. The van der Waals surface area contributed by atoms with Crippen LogP contribution in [-0.4, -0.2) is 42.1 Å². The van der Waals surface area contributed by atoms with Crippen LogP contribution < -0.4 is 14.8 Å². The number of carbonyl (C=O) groups excluding carboxylic acids is 2. The Balaban J connectivity index is 1.41. The molecule has 2 atom stereocenters. The average Bonchev–Trinajstić information content (AvgIpc) is 3.11. The second-order valence-corrected chi connectivity index (χ2v) is 6.38. The van der Waals surface area contributed by atoms with Gasteiger partial charge in [0.05, 0.1) is 0 Å². The third-order valence-electron chi connectivity index (χ3n) is 4.93. The fourth-order valence-corrected chi connectivity index (χ4v) is 3.76. The van der Waals surface area contributed by atoms with Crippen molar-refractivity contribution in [3.8, 4) is 11.5 Å². The van der Waals surface area contributed by atoms with Crippen LogP contribution in [0.25, 0.3) is 0 Å². The third-order valence-corrected chi connectivity index (χ3v) is 4.93. The van der Waals surface area contributed by atoms with E-state index in [2.05, 4.69) is 5.32 Å². The highest BCUT2D eigenvalue weighted by Gasteiger charge is 2.39. The van der Waals surface area contributed by atoms with Crippen LogP contribution in [0.4, 0.5) is 0 Å². The van der Waals surface area contributed by atoms with E-state index in [1.165, 1.54) is 0 Å². The molecule has 0 unspecified atom stereocenters. The molecular weight excluding hydrogens is 296 g/mol. The van der Waals surface area contributed by atoms with Gasteiger partial charge in [-0.3, -0.25) is 9.59 Å². The van der Waals surface area contributed by atoms with Crippen molar-refractivity contribution in [1.82, 2.24) is 10.2 Å². The van der Waals surface area contributed by atoms with Crippen molar-refractivity contribution in [2.75, 3.05) is 13.3 Å². The molecule has 2 fully saturated rings. The zero-order valence-electron chi connectivity index (χ0n) is 12.9. The number of amides is 2. The van der Waals surface area contributed by atoms with Crippen molar-refractivity contribution >= 4 is 11.8 Å². The van der Waals surface area contributed by atoms with E-state index in [0.29, 0.717) is 25.8 Å². The van der Waals surface area contributed by atoms with Crippen molar-refractivity contribution in [2.24, 2.45) is 0 Å². The van der Waals surface area contributed by atoms with Gasteiger partial charge in [0.2, 0.25) is 18.6 Å². The van der Waals surface area contributed by atoms with Crippen LogP contribution in [0.1, 0.15) is 31.2 Å². The Kier molecular flexibility index (Phi) is 3.59. The molecule has 4 rings (SSSR count). The van der Waals surface area contributed by atoms with Gasteiger partial charge in [-0.25, -0.2) is 0 Å². The van der Waals surface area contributed by atoms with Crippen LogP contribution >= 0.6 is 0 Å². The van der Waals surface area contributed by atoms with Gasteiger partial charge in [-0.15, -0.1) is 0 Å². The van der Waals surface area contributed by atoms with Crippen molar-refractivity contribution in [1.29, 1.82) is 0 Å². The highest BCUT2D eigenvalue weighted by molar-refractivity contribution is 5.82. The van der Waals surface area contributed by atoms with Crippen molar-refractivity contribution < 1.29 is 19.1 Å². The Labute approximate surface area is 134 Å². The van der Waals surface area contributed by atoms with E-state index in [-0.39, 0.29) is 30.7 Å². The summed E-state index contributed by atoms with van der Waals surface area (Å²) in [6.45, 7) is 0.848. The molecule has 1 aromatic rings. The topological polar surface area (TPSA) is 67.9 Å². The van der Waals surface area contributed by atoms with E-state index >= 15 is 0 Å². The molecule has 122 valence electrons. The lowest BCUT2D eigenvalue weighted by Crippen LogP contribution is -2.42. The Morgan fingerprint density at radius 3 is 2.96 bits per heavy atom. The molecule has 23 heavy (non-hydrogen) atoms. The summed E-state index contributed by atoms with van der Waals surface area (Å²) in [4.78, 5) is 26.3. The minimum absolute atomic E-state index is 0.0609. The number of hydrogen-bond donors (Lipinski definition) is 1. The fourth-order valence-electron chi connectivity index (χ4n) is 3.76. The second-order valence-electron chi connectivity index (χ2n) is 6.38. The molecule has 2 amide bonds. The van der Waals surface area contributed by atoms with Crippen LogP contribution in [-0.2, 0) is 16.0 Å². The Hall–Kier alpha value is -2.24. The molecule has 0 radical (unpaired) electrons. The summed E-state index contributed by atoms with van der Waals surface area (Å²) in [6, 6.07) is 6.04. The molecule has 3 aliphatic rings. The molecule has 2 bridgehead atoms. The molecule has 0 aliphatic carbocycles. The molecule has 1 N–H and O–H groups in total. The van der Waals surface area contributed by atoms with E-state index < -0.39 is 0 Å². The fraction of sp³-hybridized carbons (Fsp3) is 0.529. The number of benzene rings is 1. The summed E-state index contributed by atoms with van der Waals surface area (Å²) in [5.74, 6) is 1.72. The number of nitrogens with zero attached hydrogens (tertiary/aromatic N) is 1. The molecule has 0 saturated carbocycles. The Morgan fingerprint density at radius 2 is 2.04 bits per heavy atom. The Morgan fingerprint density at radius 1 is 1.22 bits per heavy atom. The summed E-state index contributed by atoms with van der Waals surface area (Å²) < 4.78 is 10.7. The van der Waals surface area contributed by atoms with E-state index in [9.17, 15) is 9.59 Å². The standard InChI is InChI=1S/C17H20N2O4/c20-16-8-12-3-4-13(9-18-16)19(12)17(21)6-2-11-1-5-14-15(7-11)23-10-22-14/h1,5,7,12-13H,2-4,6,8-10H2,(H,18,20)/t12-,13+/m0/s1. The number of hydrogen-bond acceptors (Lipinski definition) is 4. The first kappa shape index (κ1) is 14.4. The van der Waals surface area contributed by atoms with E-state index in [1.807, 2.05) is 23.1 Å². The maximum absolute atomic E-state index is 12.7. The maximum Gasteiger partial charge on any atom is 0.231 e. The van der Waals surface area contributed by atoms with E-state index in [0.717, 1.165) is 29.9 Å². The van der Waals surface area contributed by atoms with Crippen LogP contribution in [0.2, 0.25) is 0 Å². The molecule has 0 aromatic heterocycles. The van der Waals surface area contributed by atoms with Gasteiger partial charge in [-0.1, -0.05) is 6.07 Å². The smallest absolute Gasteiger partial charge is 0.231 e. The lowest BCUT2D eigenvalue weighted by Gasteiger charge is -2.27. The van der Waals surface area contributed by atoms with Crippen molar-refractivity contribution in [2.45, 2.75) is 44.2 Å². The number of aryl methyl sites for hydroxylation is 1. The zero-order valence-corrected chi connectivity index (χ0v) is 12.9. The summed E-state index contributed by atoms with van der Waals surface area (Å²) in [5.41, 5.74) is 1.07.